The van der Waals surface area contributed by atoms with Crippen molar-refractivity contribution in [1.29, 1.82) is 0 Å². The van der Waals surface area contributed by atoms with Gasteiger partial charge in [-0.2, -0.15) is 0 Å². The fourth-order valence-electron chi connectivity index (χ4n) is 2.58. The minimum absolute atomic E-state index is 0.108. The van der Waals surface area contributed by atoms with Gasteiger partial charge in [0.1, 0.15) is 29.7 Å². The van der Waals surface area contributed by atoms with Gasteiger partial charge in [0.15, 0.2) is 5.76 Å². The Morgan fingerprint density at radius 2 is 2.04 bits per heavy atom. The Labute approximate surface area is 164 Å². The second-order valence-electron chi connectivity index (χ2n) is 5.94. The number of ether oxygens (including phenoxy) is 1. The standard InChI is InChI=1S/C19H17ClN2O6/c20-11-3-1-2-10(6-11)17(25)18-16(22-19(21)26)14-5-4-13(7-15(14)28-18)27-9-12(24)8-23/h1-7,12,23-24H,8-9H2,(H3,21,22,26). The third kappa shape index (κ3) is 4.25. The Kier molecular flexibility index (Phi) is 5.84. The lowest BCUT2D eigenvalue weighted by Gasteiger charge is -2.09. The Bertz CT molecular complexity index is 1030. The molecule has 0 radical (unpaired) electrons. The van der Waals surface area contributed by atoms with E-state index >= 15 is 0 Å². The molecule has 5 N–H and O–H groups in total. The van der Waals surface area contributed by atoms with E-state index in [0.29, 0.717) is 16.2 Å². The lowest BCUT2D eigenvalue weighted by atomic mass is 10.1. The monoisotopic (exact) mass is 404 g/mol. The van der Waals surface area contributed by atoms with Gasteiger partial charge in [-0.05, 0) is 24.3 Å². The molecule has 0 aliphatic rings. The number of aliphatic hydroxyl groups excluding tert-OH is 2. The summed E-state index contributed by atoms with van der Waals surface area (Å²) < 4.78 is 11.0. The summed E-state index contributed by atoms with van der Waals surface area (Å²) in [5.74, 6) is -0.245. The number of furan rings is 1. The summed E-state index contributed by atoms with van der Waals surface area (Å²) >= 11 is 5.94. The van der Waals surface area contributed by atoms with Crippen LogP contribution in [0.15, 0.2) is 46.9 Å². The molecular weight excluding hydrogens is 388 g/mol. The van der Waals surface area contributed by atoms with Gasteiger partial charge in [0.25, 0.3) is 0 Å². The van der Waals surface area contributed by atoms with E-state index in [9.17, 15) is 14.7 Å². The predicted molar refractivity (Wildman–Crippen MR) is 103 cm³/mol. The van der Waals surface area contributed by atoms with Crippen LogP contribution in [0.1, 0.15) is 16.1 Å². The van der Waals surface area contributed by atoms with Gasteiger partial charge >= 0.3 is 6.03 Å². The van der Waals surface area contributed by atoms with Crippen molar-refractivity contribution < 1.29 is 29.0 Å². The van der Waals surface area contributed by atoms with E-state index in [1.807, 2.05) is 0 Å². The molecule has 1 unspecified atom stereocenters. The first kappa shape index (κ1) is 19.7. The smallest absolute Gasteiger partial charge is 0.316 e. The first-order chi connectivity index (χ1) is 13.4. The van der Waals surface area contributed by atoms with Crippen molar-refractivity contribution >= 4 is 40.1 Å². The molecule has 9 heteroatoms. The van der Waals surface area contributed by atoms with E-state index < -0.39 is 24.5 Å². The van der Waals surface area contributed by atoms with Crippen LogP contribution in [0.3, 0.4) is 0 Å². The molecule has 1 atom stereocenters. The van der Waals surface area contributed by atoms with Crippen molar-refractivity contribution in [3.05, 3.63) is 58.8 Å². The molecule has 3 rings (SSSR count). The van der Waals surface area contributed by atoms with Crippen molar-refractivity contribution in [2.75, 3.05) is 18.5 Å². The predicted octanol–water partition coefficient (Wildman–Crippen LogP) is 2.54. The number of urea groups is 1. The highest BCUT2D eigenvalue weighted by atomic mass is 35.5. The van der Waals surface area contributed by atoms with E-state index in [0.717, 1.165) is 0 Å². The maximum atomic E-state index is 12.9. The second-order valence-corrected chi connectivity index (χ2v) is 6.38. The summed E-state index contributed by atoms with van der Waals surface area (Å²) in [6.45, 7) is -0.558. The summed E-state index contributed by atoms with van der Waals surface area (Å²) in [5, 5.41) is 21.5. The number of carbonyl (C=O) groups is 2. The molecule has 0 saturated heterocycles. The van der Waals surface area contributed by atoms with Crippen LogP contribution < -0.4 is 15.8 Å². The van der Waals surface area contributed by atoms with E-state index in [-0.39, 0.29) is 29.2 Å². The number of fused-ring (bicyclic) bond motifs is 1. The van der Waals surface area contributed by atoms with Gasteiger partial charge in [-0.25, -0.2) is 4.79 Å². The van der Waals surface area contributed by atoms with Crippen LogP contribution in [0.25, 0.3) is 11.0 Å². The minimum atomic E-state index is -1.03. The van der Waals surface area contributed by atoms with Gasteiger partial charge in [-0.1, -0.05) is 23.7 Å². The highest BCUT2D eigenvalue weighted by molar-refractivity contribution is 6.31. The normalized spacial score (nSPS) is 12.0. The third-order valence-corrected chi connectivity index (χ3v) is 4.09. The van der Waals surface area contributed by atoms with Gasteiger partial charge in [0.2, 0.25) is 5.78 Å². The van der Waals surface area contributed by atoms with Gasteiger partial charge in [0, 0.05) is 22.0 Å². The number of benzene rings is 2. The van der Waals surface area contributed by atoms with Crippen LogP contribution in [0.5, 0.6) is 5.75 Å². The van der Waals surface area contributed by atoms with Gasteiger partial charge < -0.3 is 30.4 Å². The molecule has 3 aromatic rings. The molecule has 0 fully saturated rings. The van der Waals surface area contributed by atoms with Crippen molar-refractivity contribution in [2.24, 2.45) is 5.73 Å². The lowest BCUT2D eigenvalue weighted by molar-refractivity contribution is 0.0536. The summed E-state index contributed by atoms with van der Waals surface area (Å²) in [5.41, 5.74) is 5.91. The molecule has 0 bridgehead atoms. The minimum Gasteiger partial charge on any atom is -0.491 e. The number of carbonyl (C=O) groups excluding carboxylic acids is 2. The van der Waals surface area contributed by atoms with Crippen LogP contribution >= 0.6 is 11.6 Å². The fourth-order valence-corrected chi connectivity index (χ4v) is 2.77. The average molecular weight is 405 g/mol. The van der Waals surface area contributed by atoms with Crippen molar-refractivity contribution in [2.45, 2.75) is 6.10 Å². The largest absolute Gasteiger partial charge is 0.491 e. The molecular formula is C19H17ClN2O6. The van der Waals surface area contributed by atoms with Crippen LogP contribution in [-0.2, 0) is 0 Å². The molecule has 0 saturated carbocycles. The maximum Gasteiger partial charge on any atom is 0.316 e. The molecule has 0 aliphatic heterocycles. The first-order valence-corrected chi connectivity index (χ1v) is 8.62. The van der Waals surface area contributed by atoms with Gasteiger partial charge in [-0.15, -0.1) is 0 Å². The van der Waals surface area contributed by atoms with Crippen molar-refractivity contribution in [1.82, 2.24) is 0 Å². The quantitative estimate of drug-likeness (QED) is 0.447. The maximum absolute atomic E-state index is 12.9. The number of rotatable bonds is 7. The summed E-state index contributed by atoms with van der Waals surface area (Å²) in [7, 11) is 0. The molecule has 146 valence electrons. The number of nitrogens with one attached hydrogen (secondary N) is 1. The number of ketones is 1. The number of nitrogens with two attached hydrogens (primary N) is 1. The zero-order valence-electron chi connectivity index (χ0n) is 14.5. The van der Waals surface area contributed by atoms with Crippen molar-refractivity contribution in [3.8, 4) is 5.75 Å². The number of halogens is 1. The van der Waals surface area contributed by atoms with Gasteiger partial charge in [-0.3, -0.25) is 4.79 Å². The number of aliphatic hydroxyl groups is 2. The Morgan fingerprint density at radius 1 is 1.25 bits per heavy atom. The molecule has 1 aromatic heterocycles. The van der Waals surface area contributed by atoms with Crippen LogP contribution in [0.4, 0.5) is 10.5 Å². The molecule has 0 aliphatic carbocycles. The zero-order chi connectivity index (χ0) is 20.3. The summed E-state index contributed by atoms with van der Waals surface area (Å²) in [6, 6.07) is 10.1. The van der Waals surface area contributed by atoms with E-state index in [4.69, 9.17) is 31.6 Å². The lowest BCUT2D eigenvalue weighted by Crippen LogP contribution is -2.21. The van der Waals surface area contributed by atoms with E-state index in [1.54, 1.807) is 30.3 Å². The van der Waals surface area contributed by atoms with E-state index in [2.05, 4.69) is 5.32 Å². The van der Waals surface area contributed by atoms with Gasteiger partial charge in [0.05, 0.1) is 6.61 Å². The van der Waals surface area contributed by atoms with Crippen LogP contribution in [-0.4, -0.2) is 41.3 Å². The summed E-state index contributed by atoms with van der Waals surface area (Å²) in [4.78, 5) is 24.3. The highest BCUT2D eigenvalue weighted by Gasteiger charge is 2.23. The first-order valence-electron chi connectivity index (χ1n) is 8.24. The number of hydrogen-bond acceptors (Lipinski definition) is 6. The topological polar surface area (TPSA) is 135 Å². The Balaban J connectivity index is 2.02. The number of anilines is 1. The summed E-state index contributed by atoms with van der Waals surface area (Å²) in [6.07, 6.45) is -1.03. The average Bonchev–Trinajstić information content (AvgIpc) is 3.02. The molecule has 28 heavy (non-hydrogen) atoms. The molecule has 0 spiro atoms. The Morgan fingerprint density at radius 3 is 2.71 bits per heavy atom. The van der Waals surface area contributed by atoms with Crippen LogP contribution in [0.2, 0.25) is 5.02 Å². The van der Waals surface area contributed by atoms with Crippen molar-refractivity contribution in [3.63, 3.8) is 0 Å². The highest BCUT2D eigenvalue weighted by Crippen LogP contribution is 2.35. The molecule has 2 aromatic carbocycles. The molecule has 1 heterocycles. The van der Waals surface area contributed by atoms with E-state index in [1.165, 1.54) is 12.1 Å². The second kappa shape index (κ2) is 8.30. The Hall–Kier alpha value is -3.07. The number of amides is 2. The molecule has 2 amide bonds. The number of primary amides is 1. The fraction of sp³-hybridized carbons (Fsp3) is 0.158. The third-order valence-electron chi connectivity index (χ3n) is 3.86. The van der Waals surface area contributed by atoms with Crippen LogP contribution in [0, 0.1) is 0 Å². The molecule has 8 nitrogen and oxygen atoms in total. The SMILES string of the molecule is NC(=O)Nc1c(C(=O)c2cccc(Cl)c2)oc2cc(OCC(O)CO)ccc12. The zero-order valence-corrected chi connectivity index (χ0v) is 15.3. The number of hydrogen-bond donors (Lipinski definition) is 4.